The van der Waals surface area contributed by atoms with Crippen molar-refractivity contribution in [1.29, 1.82) is 0 Å². The molecule has 105 heavy (non-hydrogen) atoms. The van der Waals surface area contributed by atoms with E-state index >= 15 is 0 Å². The van der Waals surface area contributed by atoms with Crippen LogP contribution in [0.4, 0.5) is 0 Å². The zero-order chi connectivity index (χ0) is 76.9. The lowest BCUT2D eigenvalue weighted by Crippen LogP contribution is -2.30. The normalized spacial score (nSPS) is 13.8. The molecular weight excluding hydrogens is 1370 g/mol. The fourth-order valence-electron chi connectivity index (χ4n) is 13.5. The van der Waals surface area contributed by atoms with E-state index in [-0.39, 0.29) is 25.7 Å². The summed E-state index contributed by atoms with van der Waals surface area (Å²) in [6.07, 6.45) is 72.2. The summed E-state index contributed by atoms with van der Waals surface area (Å²) in [6, 6.07) is 0. The zero-order valence-electron chi connectivity index (χ0n) is 68.9. The van der Waals surface area contributed by atoms with Crippen molar-refractivity contribution in [2.45, 2.75) is 483 Å². The summed E-state index contributed by atoms with van der Waals surface area (Å²) >= 11 is 0. The number of rotatable bonds is 86. The van der Waals surface area contributed by atoms with Gasteiger partial charge in [-0.2, -0.15) is 0 Å². The number of unbranched alkanes of at least 4 members (excludes halogenated alkanes) is 58. The maximum atomic E-state index is 13.1. The molecule has 0 saturated carbocycles. The van der Waals surface area contributed by atoms with Gasteiger partial charge in [0.15, 0.2) is 12.2 Å². The zero-order valence-corrected chi connectivity index (χ0v) is 70.7. The van der Waals surface area contributed by atoms with Gasteiger partial charge in [0, 0.05) is 25.7 Å². The maximum absolute atomic E-state index is 13.1. The summed E-state index contributed by atoms with van der Waals surface area (Å²) in [7, 11) is -9.92. The molecule has 17 nitrogen and oxygen atoms in total. The second-order valence-electron chi connectivity index (χ2n) is 31.4. The Kier molecular flexibility index (Phi) is 77.3. The van der Waals surface area contributed by atoms with Crippen molar-refractivity contribution in [3.8, 4) is 0 Å². The summed E-state index contributed by atoms with van der Waals surface area (Å²) in [6.45, 7) is 7.39. The van der Waals surface area contributed by atoms with Gasteiger partial charge in [0.1, 0.15) is 19.3 Å². The Morgan fingerprint density at radius 3 is 0.648 bits per heavy atom. The first-order valence-electron chi connectivity index (χ1n) is 44.6. The molecule has 0 amide bonds. The lowest BCUT2D eigenvalue weighted by atomic mass is 10.0. The minimum absolute atomic E-state index is 0.109. The van der Waals surface area contributed by atoms with Crippen molar-refractivity contribution in [3.63, 3.8) is 0 Å². The minimum Gasteiger partial charge on any atom is -0.462 e. The molecule has 0 radical (unpaired) electrons. The largest absolute Gasteiger partial charge is 0.472 e. The van der Waals surface area contributed by atoms with Gasteiger partial charge >= 0.3 is 39.5 Å². The third kappa shape index (κ3) is 79.9. The molecule has 5 atom stereocenters. The molecule has 0 fully saturated rings. The predicted molar refractivity (Wildman–Crippen MR) is 432 cm³/mol. The number of carbonyl (C=O) groups is 4. The van der Waals surface area contributed by atoms with Crippen molar-refractivity contribution in [2.75, 3.05) is 39.6 Å². The van der Waals surface area contributed by atoms with Gasteiger partial charge in [0.2, 0.25) is 0 Å². The smallest absolute Gasteiger partial charge is 0.462 e. The highest BCUT2D eigenvalue weighted by molar-refractivity contribution is 7.47. The molecule has 0 aromatic carbocycles. The number of aliphatic hydroxyl groups excluding tert-OH is 1. The van der Waals surface area contributed by atoms with Gasteiger partial charge in [-0.3, -0.25) is 37.3 Å². The van der Waals surface area contributed by atoms with Crippen LogP contribution in [-0.4, -0.2) is 96.7 Å². The first-order valence-corrected chi connectivity index (χ1v) is 47.6. The summed E-state index contributed by atoms with van der Waals surface area (Å²) in [4.78, 5) is 73.2. The predicted octanol–water partition coefficient (Wildman–Crippen LogP) is 26.4. The van der Waals surface area contributed by atoms with Gasteiger partial charge < -0.3 is 33.8 Å². The first-order chi connectivity index (χ1) is 51.0. The average molecular weight is 1540 g/mol. The van der Waals surface area contributed by atoms with E-state index < -0.39 is 97.5 Å². The highest BCUT2D eigenvalue weighted by atomic mass is 31.2. The van der Waals surface area contributed by atoms with Crippen molar-refractivity contribution >= 4 is 39.5 Å². The molecular formula is C86H168O17P2. The number of hydrogen-bond donors (Lipinski definition) is 3. The molecule has 0 aliphatic carbocycles. The molecule has 0 rings (SSSR count). The summed E-state index contributed by atoms with van der Waals surface area (Å²) in [5.41, 5.74) is 0. The Balaban J connectivity index is 5.20. The van der Waals surface area contributed by atoms with Gasteiger partial charge in [-0.15, -0.1) is 0 Å². The lowest BCUT2D eigenvalue weighted by Gasteiger charge is -2.21. The van der Waals surface area contributed by atoms with Gasteiger partial charge in [0.25, 0.3) is 0 Å². The van der Waals surface area contributed by atoms with E-state index in [1.54, 1.807) is 0 Å². The van der Waals surface area contributed by atoms with E-state index in [1.807, 2.05) is 0 Å². The molecule has 0 aliphatic rings. The molecule has 19 heteroatoms. The SMILES string of the molecule is CCCCCCCCCCCCCCCCCCCCC(=O)OC[C@H](COP(=O)(O)OC[C@@H](O)COP(=O)(O)OC[C@@H](COC(=O)CCCCCCCCCCC)OC(=O)CCCCCCCCCCCCCCCCCCC)OC(=O)CCCCCCCCCCCCCCCCCCCCC(C)C. The first kappa shape index (κ1) is 103. The Morgan fingerprint density at radius 2 is 0.438 bits per heavy atom. The number of hydrogen-bond acceptors (Lipinski definition) is 15. The Bertz CT molecular complexity index is 2000. The van der Waals surface area contributed by atoms with Crippen molar-refractivity contribution < 1.29 is 80.2 Å². The number of esters is 4. The summed E-state index contributed by atoms with van der Waals surface area (Å²) in [5, 5.41) is 10.7. The van der Waals surface area contributed by atoms with E-state index in [0.29, 0.717) is 25.7 Å². The van der Waals surface area contributed by atoms with Gasteiger partial charge in [0.05, 0.1) is 26.4 Å². The van der Waals surface area contributed by atoms with Gasteiger partial charge in [-0.05, 0) is 31.6 Å². The van der Waals surface area contributed by atoms with Crippen molar-refractivity contribution in [1.82, 2.24) is 0 Å². The number of phosphoric ester groups is 2. The monoisotopic (exact) mass is 1540 g/mol. The van der Waals surface area contributed by atoms with E-state index in [4.69, 9.17) is 37.0 Å². The molecule has 0 aliphatic heterocycles. The molecule has 3 N–H and O–H groups in total. The summed E-state index contributed by atoms with van der Waals surface area (Å²) < 4.78 is 68.9. The quantitative estimate of drug-likeness (QED) is 0.0222. The number of aliphatic hydroxyl groups is 1. The second-order valence-corrected chi connectivity index (χ2v) is 34.3. The summed E-state index contributed by atoms with van der Waals surface area (Å²) in [5.74, 6) is -1.28. The topological polar surface area (TPSA) is 237 Å². The van der Waals surface area contributed by atoms with Crippen LogP contribution in [0.5, 0.6) is 0 Å². The van der Waals surface area contributed by atoms with Crippen molar-refractivity contribution in [2.24, 2.45) is 5.92 Å². The van der Waals surface area contributed by atoms with Crippen LogP contribution >= 0.6 is 15.6 Å². The third-order valence-electron chi connectivity index (χ3n) is 20.3. The Labute approximate surface area is 645 Å². The fourth-order valence-corrected chi connectivity index (χ4v) is 15.1. The van der Waals surface area contributed by atoms with Crippen LogP contribution in [0.25, 0.3) is 0 Å². The molecule has 0 aromatic heterocycles. The number of phosphoric acid groups is 2. The fraction of sp³-hybridized carbons (Fsp3) is 0.953. The average Bonchev–Trinajstić information content (AvgIpc) is 0.908. The van der Waals surface area contributed by atoms with Crippen molar-refractivity contribution in [3.05, 3.63) is 0 Å². The maximum Gasteiger partial charge on any atom is 0.472 e. The molecule has 2 unspecified atom stereocenters. The highest BCUT2D eigenvalue weighted by Gasteiger charge is 2.30. The van der Waals surface area contributed by atoms with Crippen LogP contribution in [0.3, 0.4) is 0 Å². The van der Waals surface area contributed by atoms with Gasteiger partial charge in [-0.1, -0.05) is 413 Å². The Morgan fingerprint density at radius 1 is 0.257 bits per heavy atom. The van der Waals surface area contributed by atoms with E-state index in [2.05, 4.69) is 34.6 Å². The van der Waals surface area contributed by atoms with E-state index in [0.717, 1.165) is 95.8 Å². The van der Waals surface area contributed by atoms with Gasteiger partial charge in [-0.25, -0.2) is 9.13 Å². The van der Waals surface area contributed by atoms with Crippen LogP contribution in [0.15, 0.2) is 0 Å². The minimum atomic E-state index is -4.96. The molecule has 0 saturated heterocycles. The van der Waals surface area contributed by atoms with Crippen LogP contribution in [0.1, 0.15) is 465 Å². The second kappa shape index (κ2) is 78.7. The lowest BCUT2D eigenvalue weighted by molar-refractivity contribution is -0.161. The third-order valence-corrected chi connectivity index (χ3v) is 22.2. The van der Waals surface area contributed by atoms with Crippen LogP contribution in [0.2, 0.25) is 0 Å². The van der Waals surface area contributed by atoms with Crippen LogP contribution < -0.4 is 0 Å². The van der Waals surface area contributed by atoms with Crippen LogP contribution in [0, 0.1) is 5.92 Å². The molecule has 624 valence electrons. The van der Waals surface area contributed by atoms with E-state index in [9.17, 15) is 43.2 Å². The van der Waals surface area contributed by atoms with Crippen LogP contribution in [-0.2, 0) is 65.4 Å². The number of ether oxygens (including phenoxy) is 4. The van der Waals surface area contributed by atoms with E-state index in [1.165, 1.54) is 289 Å². The standard InChI is InChI=1S/C86H168O17P2/c1-6-9-12-15-18-21-23-25-27-29-34-37-41-45-50-55-60-65-70-84(89)97-76-82(103-86(91)72-67-62-57-52-47-43-39-35-31-30-33-36-40-44-49-53-58-63-68-79(4)5)78-101-105(94,95)99-74-80(87)73-98-104(92,93)100-77-81(75-96-83(88)69-64-59-54-48-20-17-14-11-8-3)102-85(90)71-66-61-56-51-46-42-38-32-28-26-24-22-19-16-13-10-7-2/h79-82,87H,6-78H2,1-5H3,(H,92,93)(H,94,95)/t80-,81+,82+/m0/s1. The highest BCUT2D eigenvalue weighted by Crippen LogP contribution is 2.45. The molecule has 0 bridgehead atoms. The Hall–Kier alpha value is -1.94. The molecule has 0 aromatic rings. The molecule has 0 heterocycles. The number of carbonyl (C=O) groups excluding carboxylic acids is 4. The molecule has 0 spiro atoms.